The maximum Gasteiger partial charge on any atom is 0.321 e. The summed E-state index contributed by atoms with van der Waals surface area (Å²) < 4.78 is 5.68. The van der Waals surface area contributed by atoms with Crippen LogP contribution in [0.1, 0.15) is 48.8 Å². The van der Waals surface area contributed by atoms with Crippen LogP contribution in [0.2, 0.25) is 0 Å². The quantitative estimate of drug-likeness (QED) is 0.634. The molecule has 2 saturated heterocycles. The lowest BCUT2D eigenvalue weighted by atomic mass is 9.88. The van der Waals surface area contributed by atoms with Gasteiger partial charge in [-0.15, -0.1) is 0 Å². The van der Waals surface area contributed by atoms with E-state index in [4.69, 9.17) is 4.74 Å². The monoisotopic (exact) mass is 464 g/mol. The SMILES string of the molecule is CCCN1CCC(c2cc(NC(=O)N3CCN(c4ccc(C)c(C)c4)CC3)ccc2OC)CC1. The molecule has 2 aliphatic rings. The van der Waals surface area contributed by atoms with Crippen molar-refractivity contribution >= 4 is 17.4 Å². The van der Waals surface area contributed by atoms with Crippen molar-refractivity contribution in [2.75, 3.05) is 63.1 Å². The second-order valence-electron chi connectivity index (χ2n) is 9.75. The van der Waals surface area contributed by atoms with Crippen molar-refractivity contribution in [2.24, 2.45) is 0 Å². The number of piperidine rings is 1. The zero-order valence-corrected chi connectivity index (χ0v) is 21.3. The fourth-order valence-corrected chi connectivity index (χ4v) is 5.21. The Morgan fingerprint density at radius 2 is 1.71 bits per heavy atom. The van der Waals surface area contributed by atoms with E-state index >= 15 is 0 Å². The minimum atomic E-state index is -0.0198. The number of benzene rings is 2. The first-order valence-electron chi connectivity index (χ1n) is 12.8. The Labute approximate surface area is 204 Å². The van der Waals surface area contributed by atoms with E-state index in [2.05, 4.69) is 60.2 Å². The molecule has 0 saturated carbocycles. The zero-order chi connectivity index (χ0) is 24.1. The summed E-state index contributed by atoms with van der Waals surface area (Å²) in [6, 6.07) is 12.7. The van der Waals surface area contributed by atoms with E-state index in [1.807, 2.05) is 17.0 Å². The highest BCUT2D eigenvalue weighted by molar-refractivity contribution is 5.89. The minimum absolute atomic E-state index is 0.0198. The van der Waals surface area contributed by atoms with Gasteiger partial charge in [-0.1, -0.05) is 13.0 Å². The summed E-state index contributed by atoms with van der Waals surface area (Å²) >= 11 is 0. The molecule has 0 unspecified atom stereocenters. The Balaban J connectivity index is 1.36. The average molecular weight is 465 g/mol. The first-order chi connectivity index (χ1) is 16.5. The molecule has 0 aromatic heterocycles. The van der Waals surface area contributed by atoms with Gasteiger partial charge in [-0.25, -0.2) is 4.79 Å². The van der Waals surface area contributed by atoms with E-state index in [9.17, 15) is 4.79 Å². The summed E-state index contributed by atoms with van der Waals surface area (Å²) in [4.78, 5) is 19.9. The first kappa shape index (κ1) is 24.4. The molecule has 0 atom stereocenters. The molecule has 2 amide bonds. The number of hydrogen-bond acceptors (Lipinski definition) is 4. The number of carbonyl (C=O) groups excluding carboxylic acids is 1. The molecule has 0 radical (unpaired) electrons. The number of aryl methyl sites for hydroxylation is 2. The van der Waals surface area contributed by atoms with Crippen LogP contribution in [-0.2, 0) is 0 Å². The van der Waals surface area contributed by atoms with Crippen LogP contribution < -0.4 is 15.0 Å². The lowest BCUT2D eigenvalue weighted by molar-refractivity contribution is 0.208. The van der Waals surface area contributed by atoms with Gasteiger partial charge in [0.15, 0.2) is 0 Å². The highest BCUT2D eigenvalue weighted by Gasteiger charge is 2.25. The van der Waals surface area contributed by atoms with Gasteiger partial charge in [0.1, 0.15) is 5.75 Å². The van der Waals surface area contributed by atoms with Crippen LogP contribution in [0.15, 0.2) is 36.4 Å². The number of methoxy groups -OCH3 is 1. The third-order valence-corrected chi connectivity index (χ3v) is 7.47. The Morgan fingerprint density at radius 1 is 0.971 bits per heavy atom. The van der Waals surface area contributed by atoms with Crippen LogP contribution in [0.5, 0.6) is 5.75 Å². The zero-order valence-electron chi connectivity index (χ0n) is 21.3. The molecule has 2 fully saturated rings. The normalized spacial score (nSPS) is 17.6. The molecule has 2 aromatic carbocycles. The average Bonchev–Trinajstić information content (AvgIpc) is 2.86. The van der Waals surface area contributed by atoms with E-state index in [1.165, 1.54) is 35.3 Å². The molecule has 34 heavy (non-hydrogen) atoms. The maximum atomic E-state index is 13.0. The van der Waals surface area contributed by atoms with Crippen molar-refractivity contribution in [1.82, 2.24) is 9.80 Å². The molecule has 6 heteroatoms. The molecular weight excluding hydrogens is 424 g/mol. The summed E-state index contributed by atoms with van der Waals surface area (Å²) in [5.74, 6) is 1.40. The van der Waals surface area contributed by atoms with E-state index < -0.39 is 0 Å². The van der Waals surface area contributed by atoms with Crippen LogP contribution in [0, 0.1) is 13.8 Å². The predicted molar refractivity (Wildman–Crippen MR) is 140 cm³/mol. The van der Waals surface area contributed by atoms with Gasteiger partial charge < -0.3 is 24.8 Å². The summed E-state index contributed by atoms with van der Waals surface area (Å²) in [6.07, 6.45) is 3.47. The molecule has 2 aliphatic heterocycles. The molecule has 1 N–H and O–H groups in total. The number of amides is 2. The number of likely N-dealkylation sites (tertiary alicyclic amines) is 1. The van der Waals surface area contributed by atoms with Crippen LogP contribution >= 0.6 is 0 Å². The topological polar surface area (TPSA) is 48.1 Å². The molecule has 2 heterocycles. The van der Waals surface area contributed by atoms with Gasteiger partial charge in [0.2, 0.25) is 0 Å². The Morgan fingerprint density at radius 3 is 2.35 bits per heavy atom. The molecule has 184 valence electrons. The highest BCUT2D eigenvalue weighted by Crippen LogP contribution is 2.36. The summed E-state index contributed by atoms with van der Waals surface area (Å²) in [5, 5.41) is 3.15. The largest absolute Gasteiger partial charge is 0.496 e. The van der Waals surface area contributed by atoms with Crippen molar-refractivity contribution < 1.29 is 9.53 Å². The number of nitrogens with one attached hydrogen (secondary N) is 1. The fraction of sp³-hybridized carbons (Fsp3) is 0.536. The molecule has 4 rings (SSSR count). The Hall–Kier alpha value is -2.73. The predicted octanol–water partition coefficient (Wildman–Crippen LogP) is 5.26. The van der Waals surface area contributed by atoms with Gasteiger partial charge in [-0.05, 0) is 106 Å². The fourth-order valence-electron chi connectivity index (χ4n) is 5.21. The Bertz CT molecular complexity index is 976. The molecule has 6 nitrogen and oxygen atoms in total. The minimum Gasteiger partial charge on any atom is -0.496 e. The lowest BCUT2D eigenvalue weighted by Crippen LogP contribution is -2.50. The number of carbonyl (C=O) groups is 1. The number of ether oxygens (including phenoxy) is 1. The van der Waals surface area contributed by atoms with Gasteiger partial charge in [0, 0.05) is 37.6 Å². The third kappa shape index (κ3) is 5.66. The van der Waals surface area contributed by atoms with E-state index in [0.29, 0.717) is 5.92 Å². The van der Waals surface area contributed by atoms with Crippen molar-refractivity contribution in [3.8, 4) is 5.75 Å². The van der Waals surface area contributed by atoms with Crippen molar-refractivity contribution in [3.63, 3.8) is 0 Å². The van der Waals surface area contributed by atoms with Crippen LogP contribution in [-0.4, -0.2) is 68.8 Å². The van der Waals surface area contributed by atoms with E-state index in [0.717, 1.165) is 63.5 Å². The van der Waals surface area contributed by atoms with Gasteiger partial charge in [0.05, 0.1) is 7.11 Å². The Kier molecular flexibility index (Phi) is 7.99. The van der Waals surface area contributed by atoms with Gasteiger partial charge in [0.25, 0.3) is 0 Å². The molecule has 0 spiro atoms. The van der Waals surface area contributed by atoms with E-state index in [-0.39, 0.29) is 6.03 Å². The maximum absolute atomic E-state index is 13.0. The van der Waals surface area contributed by atoms with Crippen molar-refractivity contribution in [2.45, 2.75) is 46.0 Å². The molecule has 2 aromatic rings. The third-order valence-electron chi connectivity index (χ3n) is 7.47. The van der Waals surface area contributed by atoms with Crippen molar-refractivity contribution in [3.05, 3.63) is 53.1 Å². The van der Waals surface area contributed by atoms with Gasteiger partial charge >= 0.3 is 6.03 Å². The standard InChI is InChI=1S/C28H40N4O2/c1-5-12-30-13-10-23(11-14-30)26-20-24(7-9-27(26)34-4)29-28(33)32-17-15-31(16-18-32)25-8-6-21(2)22(3)19-25/h6-9,19-20,23H,5,10-18H2,1-4H3,(H,29,33). The van der Waals surface area contributed by atoms with Crippen LogP contribution in [0.4, 0.5) is 16.2 Å². The second kappa shape index (κ2) is 11.1. The smallest absolute Gasteiger partial charge is 0.321 e. The summed E-state index contributed by atoms with van der Waals surface area (Å²) in [5.41, 5.74) is 5.94. The number of rotatable bonds is 6. The first-order valence-corrected chi connectivity index (χ1v) is 12.8. The second-order valence-corrected chi connectivity index (χ2v) is 9.75. The number of anilines is 2. The number of urea groups is 1. The van der Waals surface area contributed by atoms with E-state index in [1.54, 1.807) is 7.11 Å². The highest BCUT2D eigenvalue weighted by atomic mass is 16.5. The van der Waals surface area contributed by atoms with Crippen LogP contribution in [0.25, 0.3) is 0 Å². The molecule has 0 aliphatic carbocycles. The summed E-state index contributed by atoms with van der Waals surface area (Å²) in [7, 11) is 1.73. The molecular formula is C28H40N4O2. The number of hydrogen-bond donors (Lipinski definition) is 1. The number of nitrogens with zero attached hydrogens (tertiary/aromatic N) is 3. The summed E-state index contributed by atoms with van der Waals surface area (Å²) in [6.45, 7) is 13.1. The van der Waals surface area contributed by atoms with Gasteiger partial charge in [-0.3, -0.25) is 0 Å². The van der Waals surface area contributed by atoms with Crippen LogP contribution in [0.3, 0.4) is 0 Å². The number of piperazine rings is 1. The van der Waals surface area contributed by atoms with Crippen molar-refractivity contribution in [1.29, 1.82) is 0 Å². The lowest BCUT2D eigenvalue weighted by Gasteiger charge is -2.36. The molecule has 0 bridgehead atoms. The van der Waals surface area contributed by atoms with Gasteiger partial charge in [-0.2, -0.15) is 0 Å².